The highest BCUT2D eigenvalue weighted by Gasteiger charge is 2.23. The van der Waals surface area contributed by atoms with Crippen molar-refractivity contribution in [3.05, 3.63) is 110 Å². The largest absolute Gasteiger partial charge is 0.452 e. The number of benzene rings is 3. The van der Waals surface area contributed by atoms with E-state index in [1.165, 1.54) is 6.07 Å². The van der Waals surface area contributed by atoms with Gasteiger partial charge < -0.3 is 13.6 Å². The van der Waals surface area contributed by atoms with Crippen LogP contribution in [-0.2, 0) is 0 Å². The number of esters is 1. The quantitative estimate of drug-likeness (QED) is 0.253. The van der Waals surface area contributed by atoms with Gasteiger partial charge in [0.1, 0.15) is 16.7 Å². The topological polar surface area (TPSA) is 86.7 Å². The lowest BCUT2D eigenvalue weighted by Crippen LogP contribution is -2.22. The molecule has 0 aliphatic carbocycles. The zero-order chi connectivity index (χ0) is 23.1. The molecule has 0 radical (unpaired) electrons. The molecule has 0 amide bonds. The molecule has 3 aromatic carbocycles. The van der Waals surface area contributed by atoms with Crippen LogP contribution in [0.15, 0.2) is 91.2 Å². The van der Waals surface area contributed by atoms with Gasteiger partial charge in [0, 0.05) is 16.0 Å². The average molecular weight is 459 g/mol. The summed E-state index contributed by atoms with van der Waals surface area (Å²) in [5, 5.41) is 1.29. The summed E-state index contributed by atoms with van der Waals surface area (Å²) < 4.78 is 16.7. The van der Waals surface area contributed by atoms with Crippen LogP contribution in [0.3, 0.4) is 0 Å². The van der Waals surface area contributed by atoms with E-state index in [-0.39, 0.29) is 22.5 Å². The number of carbonyl (C=O) groups excluding carboxylic acids is 1. The molecular formula is C26H15ClO6. The number of hydrogen-bond acceptors (Lipinski definition) is 6. The lowest BCUT2D eigenvalue weighted by molar-refractivity contribution is 0.0727. The van der Waals surface area contributed by atoms with Crippen molar-refractivity contribution in [1.82, 2.24) is 0 Å². The SMILES string of the molecule is Cc1ccc2oc(-c3ccc(Cl)cc3)c(OC(=O)c3cc4ccccc4oc3=O)c(=O)c2c1. The Bertz CT molecular complexity index is 1660. The second kappa shape index (κ2) is 8.07. The van der Waals surface area contributed by atoms with Crippen LogP contribution < -0.4 is 15.8 Å². The first kappa shape index (κ1) is 20.7. The normalized spacial score (nSPS) is 11.1. The van der Waals surface area contributed by atoms with Gasteiger partial charge in [-0.2, -0.15) is 0 Å². The summed E-state index contributed by atoms with van der Waals surface area (Å²) in [7, 11) is 0. The summed E-state index contributed by atoms with van der Waals surface area (Å²) in [6, 6.07) is 19.8. The monoisotopic (exact) mass is 458 g/mol. The summed E-state index contributed by atoms with van der Waals surface area (Å²) in [6.45, 7) is 1.83. The number of para-hydroxylation sites is 1. The van der Waals surface area contributed by atoms with E-state index < -0.39 is 17.0 Å². The Morgan fingerprint density at radius 1 is 0.879 bits per heavy atom. The highest BCUT2D eigenvalue weighted by molar-refractivity contribution is 6.30. The number of carbonyl (C=O) groups is 1. The van der Waals surface area contributed by atoms with Gasteiger partial charge in [-0.1, -0.05) is 41.4 Å². The van der Waals surface area contributed by atoms with Gasteiger partial charge in [0.2, 0.25) is 11.2 Å². The minimum Gasteiger partial charge on any atom is -0.452 e. The van der Waals surface area contributed by atoms with E-state index in [9.17, 15) is 14.4 Å². The molecule has 6 nitrogen and oxygen atoms in total. The van der Waals surface area contributed by atoms with E-state index in [1.807, 2.05) is 13.0 Å². The molecule has 0 saturated heterocycles. The van der Waals surface area contributed by atoms with Gasteiger partial charge in [0.05, 0.1) is 5.39 Å². The molecule has 0 bridgehead atoms. The number of ether oxygens (including phenoxy) is 1. The van der Waals surface area contributed by atoms with Crippen molar-refractivity contribution in [3.8, 4) is 17.1 Å². The summed E-state index contributed by atoms with van der Waals surface area (Å²) in [5.74, 6) is -1.30. The van der Waals surface area contributed by atoms with Crippen LogP contribution in [0.1, 0.15) is 15.9 Å². The maximum Gasteiger partial charge on any atom is 0.351 e. The van der Waals surface area contributed by atoms with E-state index in [1.54, 1.807) is 60.7 Å². The number of hydrogen-bond donors (Lipinski definition) is 0. The van der Waals surface area contributed by atoms with Crippen molar-refractivity contribution in [2.24, 2.45) is 0 Å². The molecule has 33 heavy (non-hydrogen) atoms. The molecule has 0 fully saturated rings. The van der Waals surface area contributed by atoms with Crippen LogP contribution in [0, 0.1) is 6.92 Å². The van der Waals surface area contributed by atoms with Crippen LogP contribution in [0.2, 0.25) is 5.02 Å². The molecule has 0 unspecified atom stereocenters. The molecule has 0 spiro atoms. The molecule has 5 rings (SSSR count). The van der Waals surface area contributed by atoms with Gasteiger partial charge in [-0.3, -0.25) is 4.79 Å². The zero-order valence-electron chi connectivity index (χ0n) is 17.3. The maximum absolute atomic E-state index is 13.3. The van der Waals surface area contributed by atoms with E-state index in [2.05, 4.69) is 0 Å². The standard InChI is InChI=1S/C26H15ClO6/c1-14-6-11-21-18(12-14)22(28)24(23(31-21)15-7-9-17(27)10-8-15)33-26(30)19-13-16-4-2-3-5-20(16)32-25(19)29/h2-13H,1H3. The van der Waals surface area contributed by atoms with E-state index in [4.69, 9.17) is 25.2 Å². The fourth-order valence-corrected chi connectivity index (χ4v) is 3.65. The first-order chi connectivity index (χ1) is 15.9. The number of aryl methyl sites for hydroxylation is 1. The molecule has 2 heterocycles. The molecule has 0 N–H and O–H groups in total. The van der Waals surface area contributed by atoms with Gasteiger partial charge >= 0.3 is 11.6 Å². The van der Waals surface area contributed by atoms with E-state index in [0.717, 1.165) is 5.56 Å². The van der Waals surface area contributed by atoms with Crippen LogP contribution in [0.25, 0.3) is 33.3 Å². The summed E-state index contributed by atoms with van der Waals surface area (Å²) in [6.07, 6.45) is 0. The van der Waals surface area contributed by atoms with E-state index >= 15 is 0 Å². The van der Waals surface area contributed by atoms with Crippen LogP contribution in [-0.4, -0.2) is 5.97 Å². The Labute approximate surface area is 191 Å². The summed E-state index contributed by atoms with van der Waals surface area (Å²) in [4.78, 5) is 38.7. The molecular weight excluding hydrogens is 444 g/mol. The molecule has 0 atom stereocenters. The third-order valence-corrected chi connectivity index (χ3v) is 5.42. The van der Waals surface area contributed by atoms with Crippen LogP contribution in [0.4, 0.5) is 0 Å². The number of fused-ring (bicyclic) bond motifs is 2. The Morgan fingerprint density at radius 3 is 2.42 bits per heavy atom. The summed E-state index contributed by atoms with van der Waals surface area (Å²) >= 11 is 5.99. The van der Waals surface area contributed by atoms with Gasteiger partial charge in [0.25, 0.3) is 0 Å². The average Bonchev–Trinajstić information content (AvgIpc) is 2.81. The minimum absolute atomic E-state index is 0.0477. The molecule has 0 saturated carbocycles. The fourth-order valence-electron chi connectivity index (χ4n) is 3.53. The molecule has 0 aliphatic heterocycles. The lowest BCUT2D eigenvalue weighted by Gasteiger charge is -2.11. The molecule has 162 valence electrons. The first-order valence-electron chi connectivity index (χ1n) is 9.99. The predicted molar refractivity (Wildman–Crippen MR) is 125 cm³/mol. The number of rotatable bonds is 3. The van der Waals surface area contributed by atoms with Crippen molar-refractivity contribution in [2.75, 3.05) is 0 Å². The Morgan fingerprint density at radius 2 is 1.64 bits per heavy atom. The van der Waals surface area contributed by atoms with Gasteiger partial charge in [-0.05, 0) is 55.5 Å². The Kier molecular flexibility index (Phi) is 5.07. The van der Waals surface area contributed by atoms with Crippen molar-refractivity contribution >= 4 is 39.5 Å². The van der Waals surface area contributed by atoms with Crippen molar-refractivity contribution in [3.63, 3.8) is 0 Å². The van der Waals surface area contributed by atoms with Gasteiger partial charge in [0.15, 0.2) is 5.76 Å². The van der Waals surface area contributed by atoms with E-state index in [0.29, 0.717) is 27.1 Å². The molecule has 2 aromatic heterocycles. The minimum atomic E-state index is -1.02. The maximum atomic E-state index is 13.3. The van der Waals surface area contributed by atoms with Gasteiger partial charge in [-0.15, -0.1) is 0 Å². The number of halogens is 1. The second-order valence-corrected chi connectivity index (χ2v) is 7.91. The van der Waals surface area contributed by atoms with Crippen LogP contribution in [0.5, 0.6) is 5.75 Å². The molecule has 0 aliphatic rings. The highest BCUT2D eigenvalue weighted by atomic mass is 35.5. The zero-order valence-corrected chi connectivity index (χ0v) is 18.0. The first-order valence-corrected chi connectivity index (χ1v) is 10.4. The Hall–Kier alpha value is -4.16. The fraction of sp³-hybridized carbons (Fsp3) is 0.0385. The molecule has 7 heteroatoms. The van der Waals surface area contributed by atoms with Crippen LogP contribution >= 0.6 is 11.6 Å². The van der Waals surface area contributed by atoms with Gasteiger partial charge in [-0.25, -0.2) is 9.59 Å². The Balaban J connectivity index is 1.69. The summed E-state index contributed by atoms with van der Waals surface area (Å²) in [5.41, 5.74) is 0.242. The van der Waals surface area contributed by atoms with Crippen molar-refractivity contribution in [1.29, 1.82) is 0 Å². The predicted octanol–water partition coefficient (Wildman–Crippen LogP) is 5.75. The third kappa shape index (κ3) is 3.81. The van der Waals surface area contributed by atoms with Crippen molar-refractivity contribution < 1.29 is 18.4 Å². The lowest BCUT2D eigenvalue weighted by atomic mass is 10.1. The van der Waals surface area contributed by atoms with Crippen molar-refractivity contribution in [2.45, 2.75) is 6.92 Å². The third-order valence-electron chi connectivity index (χ3n) is 5.17. The highest BCUT2D eigenvalue weighted by Crippen LogP contribution is 2.32. The molecule has 5 aromatic rings. The smallest absolute Gasteiger partial charge is 0.351 e. The second-order valence-electron chi connectivity index (χ2n) is 7.47.